The van der Waals surface area contributed by atoms with Crippen LogP contribution < -0.4 is 10.2 Å². The van der Waals surface area contributed by atoms with Gasteiger partial charge in [-0.05, 0) is 42.0 Å². The fourth-order valence-corrected chi connectivity index (χ4v) is 2.15. The number of nitrogens with zero attached hydrogens (tertiary/aromatic N) is 1. The molecule has 4 heteroatoms. The van der Waals surface area contributed by atoms with E-state index in [9.17, 15) is 4.39 Å². The van der Waals surface area contributed by atoms with Crippen LogP contribution in [-0.4, -0.2) is 6.21 Å². The minimum Gasteiger partial charge on any atom is -0.488 e. The highest BCUT2D eigenvalue weighted by Crippen LogP contribution is 2.18. The molecule has 0 spiro atoms. The zero-order valence-corrected chi connectivity index (χ0v) is 13.0. The lowest BCUT2D eigenvalue weighted by molar-refractivity contribution is 0.306. The van der Waals surface area contributed by atoms with Crippen LogP contribution in [0.4, 0.5) is 10.1 Å². The molecule has 0 saturated carbocycles. The standard InChI is InChI=1S/C20H17FN2O/c21-18-10-12-19(13-11-18)23-22-14-17-8-4-5-9-20(17)24-15-16-6-2-1-3-7-16/h1-14,23H,15H2/b22-14+. The van der Waals surface area contributed by atoms with Crippen molar-refractivity contribution in [1.82, 2.24) is 0 Å². The quantitative estimate of drug-likeness (QED) is 0.520. The Labute approximate surface area is 140 Å². The second kappa shape index (κ2) is 7.92. The van der Waals surface area contributed by atoms with E-state index in [-0.39, 0.29) is 5.82 Å². The van der Waals surface area contributed by atoms with Crippen molar-refractivity contribution in [3.05, 3.63) is 95.8 Å². The molecule has 0 aliphatic carbocycles. The maximum atomic E-state index is 12.9. The van der Waals surface area contributed by atoms with Gasteiger partial charge in [0.05, 0.1) is 11.9 Å². The fourth-order valence-electron chi connectivity index (χ4n) is 2.15. The van der Waals surface area contributed by atoms with Crippen LogP contribution in [0.3, 0.4) is 0 Å². The highest BCUT2D eigenvalue weighted by atomic mass is 19.1. The molecule has 0 unspecified atom stereocenters. The second-order valence-corrected chi connectivity index (χ2v) is 5.19. The van der Waals surface area contributed by atoms with Gasteiger partial charge in [0.2, 0.25) is 0 Å². The van der Waals surface area contributed by atoms with Gasteiger partial charge in [-0.3, -0.25) is 5.43 Å². The average Bonchev–Trinajstić information content (AvgIpc) is 2.63. The van der Waals surface area contributed by atoms with Gasteiger partial charge in [-0.25, -0.2) is 4.39 Å². The summed E-state index contributed by atoms with van der Waals surface area (Å²) in [6.45, 7) is 0.497. The Morgan fingerprint density at radius 3 is 2.38 bits per heavy atom. The third kappa shape index (κ3) is 4.43. The number of para-hydroxylation sites is 1. The monoisotopic (exact) mass is 320 g/mol. The molecule has 0 atom stereocenters. The van der Waals surface area contributed by atoms with E-state index < -0.39 is 0 Å². The van der Waals surface area contributed by atoms with Gasteiger partial charge in [-0.15, -0.1) is 0 Å². The lowest BCUT2D eigenvalue weighted by atomic mass is 10.2. The number of hydrogen-bond donors (Lipinski definition) is 1. The van der Waals surface area contributed by atoms with Crippen molar-refractivity contribution in [2.24, 2.45) is 5.10 Å². The summed E-state index contributed by atoms with van der Waals surface area (Å²) in [5.74, 6) is 0.482. The van der Waals surface area contributed by atoms with Gasteiger partial charge >= 0.3 is 0 Å². The van der Waals surface area contributed by atoms with Crippen molar-refractivity contribution in [1.29, 1.82) is 0 Å². The van der Waals surface area contributed by atoms with Crippen LogP contribution >= 0.6 is 0 Å². The topological polar surface area (TPSA) is 33.6 Å². The second-order valence-electron chi connectivity index (χ2n) is 5.19. The van der Waals surface area contributed by atoms with E-state index in [0.29, 0.717) is 6.61 Å². The first-order chi connectivity index (χ1) is 11.8. The van der Waals surface area contributed by atoms with E-state index in [1.54, 1.807) is 18.3 Å². The maximum absolute atomic E-state index is 12.9. The molecule has 0 bridgehead atoms. The van der Waals surface area contributed by atoms with Crippen LogP contribution in [0, 0.1) is 5.82 Å². The van der Waals surface area contributed by atoms with E-state index in [1.807, 2.05) is 54.6 Å². The Kier molecular flexibility index (Phi) is 5.20. The molecular weight excluding hydrogens is 303 g/mol. The summed E-state index contributed by atoms with van der Waals surface area (Å²) in [5.41, 5.74) is 5.56. The van der Waals surface area contributed by atoms with Gasteiger partial charge < -0.3 is 4.74 Å². The summed E-state index contributed by atoms with van der Waals surface area (Å²) in [4.78, 5) is 0. The predicted molar refractivity (Wildman–Crippen MR) is 94.8 cm³/mol. The number of nitrogens with one attached hydrogen (secondary N) is 1. The SMILES string of the molecule is Fc1ccc(N/N=C/c2ccccc2OCc2ccccc2)cc1. The van der Waals surface area contributed by atoms with Gasteiger partial charge in [0.25, 0.3) is 0 Å². The first-order valence-corrected chi connectivity index (χ1v) is 7.62. The van der Waals surface area contributed by atoms with Crippen LogP contribution in [-0.2, 0) is 6.61 Å². The number of anilines is 1. The number of benzene rings is 3. The molecule has 120 valence electrons. The summed E-state index contributed by atoms with van der Waals surface area (Å²) in [5, 5.41) is 4.18. The molecule has 3 aromatic rings. The average molecular weight is 320 g/mol. The largest absolute Gasteiger partial charge is 0.488 e. The molecular formula is C20H17FN2O. The number of hydrazone groups is 1. The first-order valence-electron chi connectivity index (χ1n) is 7.62. The van der Waals surface area contributed by atoms with Crippen molar-refractivity contribution in [2.45, 2.75) is 6.61 Å². The van der Waals surface area contributed by atoms with Crippen molar-refractivity contribution < 1.29 is 9.13 Å². The Balaban J connectivity index is 1.65. The van der Waals surface area contributed by atoms with Gasteiger partial charge in [0.15, 0.2) is 0 Å². The van der Waals surface area contributed by atoms with Crippen LogP contribution in [0.15, 0.2) is 84.0 Å². The minimum atomic E-state index is -0.274. The highest BCUT2D eigenvalue weighted by molar-refractivity contribution is 5.83. The molecule has 0 saturated heterocycles. The molecule has 0 fully saturated rings. The molecule has 0 aliphatic heterocycles. The van der Waals surface area contributed by atoms with Crippen LogP contribution in [0.2, 0.25) is 0 Å². The van der Waals surface area contributed by atoms with Crippen LogP contribution in [0.5, 0.6) is 5.75 Å². The summed E-state index contributed by atoms with van der Waals surface area (Å²) >= 11 is 0. The molecule has 3 aromatic carbocycles. The maximum Gasteiger partial charge on any atom is 0.128 e. The van der Waals surface area contributed by atoms with Gasteiger partial charge in [-0.2, -0.15) is 5.10 Å². The van der Waals surface area contributed by atoms with E-state index >= 15 is 0 Å². The number of hydrogen-bond acceptors (Lipinski definition) is 3. The van der Waals surface area contributed by atoms with Crippen molar-refractivity contribution in [3.8, 4) is 5.75 Å². The summed E-state index contributed by atoms with van der Waals surface area (Å²) < 4.78 is 18.7. The van der Waals surface area contributed by atoms with E-state index in [0.717, 1.165) is 22.6 Å². The lowest BCUT2D eigenvalue weighted by Gasteiger charge is -2.09. The Bertz CT molecular complexity index is 801. The van der Waals surface area contributed by atoms with Crippen LogP contribution in [0.1, 0.15) is 11.1 Å². The smallest absolute Gasteiger partial charge is 0.128 e. The fraction of sp³-hybridized carbons (Fsp3) is 0.0500. The third-order valence-electron chi connectivity index (χ3n) is 3.40. The molecule has 0 heterocycles. The van der Waals surface area contributed by atoms with Crippen molar-refractivity contribution in [3.63, 3.8) is 0 Å². The summed E-state index contributed by atoms with van der Waals surface area (Å²) in [6.07, 6.45) is 1.68. The zero-order valence-electron chi connectivity index (χ0n) is 13.0. The van der Waals surface area contributed by atoms with Crippen LogP contribution in [0.25, 0.3) is 0 Å². The van der Waals surface area contributed by atoms with E-state index in [2.05, 4.69) is 10.5 Å². The normalized spacial score (nSPS) is 10.7. The molecule has 0 radical (unpaired) electrons. The predicted octanol–water partition coefficient (Wildman–Crippen LogP) is 4.85. The molecule has 3 rings (SSSR count). The molecule has 3 nitrogen and oxygen atoms in total. The Hall–Kier alpha value is -3.14. The lowest BCUT2D eigenvalue weighted by Crippen LogP contribution is -1.99. The third-order valence-corrected chi connectivity index (χ3v) is 3.40. The minimum absolute atomic E-state index is 0.274. The van der Waals surface area contributed by atoms with E-state index in [1.165, 1.54) is 12.1 Å². The number of halogens is 1. The first kappa shape index (κ1) is 15.7. The molecule has 0 aliphatic rings. The zero-order chi connectivity index (χ0) is 16.6. The Morgan fingerprint density at radius 1 is 0.875 bits per heavy atom. The van der Waals surface area contributed by atoms with Gasteiger partial charge in [0.1, 0.15) is 18.2 Å². The molecule has 0 amide bonds. The molecule has 0 aromatic heterocycles. The summed E-state index contributed by atoms with van der Waals surface area (Å²) in [7, 11) is 0. The van der Waals surface area contributed by atoms with E-state index in [4.69, 9.17) is 4.74 Å². The highest BCUT2D eigenvalue weighted by Gasteiger charge is 2.01. The molecule has 1 N–H and O–H groups in total. The number of rotatable bonds is 6. The molecule has 24 heavy (non-hydrogen) atoms. The summed E-state index contributed by atoms with van der Waals surface area (Å²) in [6, 6.07) is 23.7. The van der Waals surface area contributed by atoms with Gasteiger partial charge in [-0.1, -0.05) is 42.5 Å². The Morgan fingerprint density at radius 2 is 1.58 bits per heavy atom. The van der Waals surface area contributed by atoms with Crippen molar-refractivity contribution >= 4 is 11.9 Å². The number of ether oxygens (including phenoxy) is 1. The van der Waals surface area contributed by atoms with Gasteiger partial charge in [0, 0.05) is 5.56 Å². The van der Waals surface area contributed by atoms with Crippen molar-refractivity contribution in [2.75, 3.05) is 5.43 Å².